The summed E-state index contributed by atoms with van der Waals surface area (Å²) in [5, 5.41) is 12.6. The van der Waals surface area contributed by atoms with Crippen molar-refractivity contribution in [3.8, 4) is 5.75 Å². The Morgan fingerprint density at radius 3 is 2.60 bits per heavy atom. The summed E-state index contributed by atoms with van der Waals surface area (Å²) in [4.78, 5) is 12.0. The monoisotopic (exact) mass is 335 g/mol. The highest BCUT2D eigenvalue weighted by Crippen LogP contribution is 2.28. The van der Waals surface area contributed by atoms with Gasteiger partial charge in [0.2, 0.25) is 0 Å². The number of hydrogen-bond donors (Lipinski definition) is 2. The first-order valence-corrected chi connectivity index (χ1v) is 6.78. The van der Waals surface area contributed by atoms with Crippen molar-refractivity contribution >= 4 is 27.5 Å². The van der Waals surface area contributed by atoms with Crippen LogP contribution >= 0.6 is 15.9 Å². The smallest absolute Gasteiger partial charge is 0.257 e. The van der Waals surface area contributed by atoms with Crippen molar-refractivity contribution in [1.82, 2.24) is 0 Å². The van der Waals surface area contributed by atoms with E-state index in [0.717, 1.165) is 4.47 Å². The maximum atomic E-state index is 12.0. The molecule has 2 rings (SSSR count). The van der Waals surface area contributed by atoms with Crippen LogP contribution in [0.25, 0.3) is 0 Å². The van der Waals surface area contributed by atoms with Crippen LogP contribution < -0.4 is 10.1 Å². The van der Waals surface area contributed by atoms with Crippen molar-refractivity contribution in [2.45, 2.75) is 6.10 Å². The Bertz CT molecular complexity index is 601. The largest absolute Gasteiger partial charge is 0.495 e. The number of amides is 1. The van der Waals surface area contributed by atoms with Crippen LogP contribution in [0.3, 0.4) is 0 Å². The third kappa shape index (κ3) is 3.37. The summed E-state index contributed by atoms with van der Waals surface area (Å²) >= 11 is 3.34. The molecular weight excluding hydrogens is 322 g/mol. The molecule has 5 heteroatoms. The molecule has 4 nitrogen and oxygen atoms in total. The molecule has 0 aliphatic heterocycles. The second-order valence-electron chi connectivity index (χ2n) is 4.15. The molecule has 2 N–H and O–H groups in total. The summed E-state index contributed by atoms with van der Waals surface area (Å²) in [5.41, 5.74) is 1.11. The minimum atomic E-state index is -1.20. The Labute approximate surface area is 125 Å². The molecule has 20 heavy (non-hydrogen) atoms. The van der Waals surface area contributed by atoms with Gasteiger partial charge in [-0.3, -0.25) is 4.79 Å². The molecule has 104 valence electrons. The number of nitrogens with one attached hydrogen (secondary N) is 1. The SMILES string of the molecule is COc1cc(NC(=O)C(O)c2ccccc2)ccc1Br. The summed E-state index contributed by atoms with van der Waals surface area (Å²) in [6, 6.07) is 13.9. The van der Waals surface area contributed by atoms with Gasteiger partial charge in [-0.05, 0) is 33.6 Å². The lowest BCUT2D eigenvalue weighted by Crippen LogP contribution is -2.20. The van der Waals surface area contributed by atoms with Gasteiger partial charge in [0.15, 0.2) is 6.10 Å². The van der Waals surface area contributed by atoms with Gasteiger partial charge in [0, 0.05) is 11.8 Å². The Morgan fingerprint density at radius 1 is 1.25 bits per heavy atom. The first-order chi connectivity index (χ1) is 9.61. The van der Waals surface area contributed by atoms with Crippen LogP contribution in [-0.4, -0.2) is 18.1 Å². The van der Waals surface area contributed by atoms with Crippen LogP contribution in [0, 0.1) is 0 Å². The molecule has 2 aromatic rings. The zero-order valence-corrected chi connectivity index (χ0v) is 12.4. The topological polar surface area (TPSA) is 58.6 Å². The Morgan fingerprint density at radius 2 is 1.95 bits per heavy atom. The molecule has 1 amide bonds. The molecule has 0 bridgehead atoms. The molecule has 0 heterocycles. The predicted molar refractivity (Wildman–Crippen MR) is 80.7 cm³/mol. The number of rotatable bonds is 4. The number of hydrogen-bond acceptors (Lipinski definition) is 3. The normalized spacial score (nSPS) is 11.8. The van der Waals surface area contributed by atoms with Crippen LogP contribution in [0.1, 0.15) is 11.7 Å². The van der Waals surface area contributed by atoms with Gasteiger partial charge in [-0.2, -0.15) is 0 Å². The highest BCUT2D eigenvalue weighted by molar-refractivity contribution is 9.10. The molecule has 1 unspecified atom stereocenters. The predicted octanol–water partition coefficient (Wildman–Crippen LogP) is 3.13. The quantitative estimate of drug-likeness (QED) is 0.902. The highest BCUT2D eigenvalue weighted by atomic mass is 79.9. The van der Waals surface area contributed by atoms with Gasteiger partial charge in [0.05, 0.1) is 11.6 Å². The summed E-state index contributed by atoms with van der Waals surface area (Å²) < 4.78 is 5.94. The van der Waals surface area contributed by atoms with Crippen LogP contribution in [0.5, 0.6) is 5.75 Å². The number of halogens is 1. The molecule has 0 aliphatic rings. The molecule has 0 aromatic heterocycles. The molecule has 0 aliphatic carbocycles. The number of aliphatic hydroxyl groups excluding tert-OH is 1. The third-order valence-electron chi connectivity index (χ3n) is 2.78. The van der Waals surface area contributed by atoms with Gasteiger partial charge in [0.1, 0.15) is 5.75 Å². The fraction of sp³-hybridized carbons (Fsp3) is 0.133. The van der Waals surface area contributed by atoms with E-state index < -0.39 is 12.0 Å². The van der Waals surface area contributed by atoms with Crippen molar-refractivity contribution in [2.24, 2.45) is 0 Å². The van der Waals surface area contributed by atoms with E-state index in [0.29, 0.717) is 17.0 Å². The minimum absolute atomic E-state index is 0.486. The van der Waals surface area contributed by atoms with Crippen LogP contribution in [0.2, 0.25) is 0 Å². The van der Waals surface area contributed by atoms with Gasteiger partial charge in [-0.15, -0.1) is 0 Å². The number of carbonyl (C=O) groups excluding carboxylic acids is 1. The molecule has 0 spiro atoms. The zero-order chi connectivity index (χ0) is 14.5. The van der Waals surface area contributed by atoms with Crippen molar-refractivity contribution in [3.05, 3.63) is 58.6 Å². The van der Waals surface area contributed by atoms with Gasteiger partial charge in [0.25, 0.3) is 5.91 Å². The fourth-order valence-corrected chi connectivity index (χ4v) is 2.14. The summed E-state index contributed by atoms with van der Waals surface area (Å²) in [7, 11) is 1.55. The maximum absolute atomic E-state index is 12.0. The lowest BCUT2D eigenvalue weighted by Gasteiger charge is -2.12. The van der Waals surface area contributed by atoms with E-state index in [2.05, 4.69) is 21.2 Å². The first kappa shape index (κ1) is 14.6. The van der Waals surface area contributed by atoms with E-state index in [1.165, 1.54) is 0 Å². The molecule has 0 saturated carbocycles. The lowest BCUT2D eigenvalue weighted by molar-refractivity contribution is -0.124. The number of anilines is 1. The number of methoxy groups -OCH3 is 1. The van der Waals surface area contributed by atoms with Crippen LogP contribution in [-0.2, 0) is 4.79 Å². The van der Waals surface area contributed by atoms with Gasteiger partial charge in [-0.1, -0.05) is 30.3 Å². The number of aliphatic hydroxyl groups is 1. The molecule has 1 atom stereocenters. The average Bonchev–Trinajstić information content (AvgIpc) is 2.49. The molecule has 0 saturated heterocycles. The van der Waals surface area contributed by atoms with Gasteiger partial charge < -0.3 is 15.2 Å². The van der Waals surface area contributed by atoms with Gasteiger partial charge in [-0.25, -0.2) is 0 Å². The average molecular weight is 336 g/mol. The highest BCUT2D eigenvalue weighted by Gasteiger charge is 2.17. The molecule has 2 aromatic carbocycles. The van der Waals surface area contributed by atoms with Crippen molar-refractivity contribution in [1.29, 1.82) is 0 Å². The summed E-state index contributed by atoms with van der Waals surface area (Å²) in [5.74, 6) is 0.123. The van der Waals surface area contributed by atoms with Crippen molar-refractivity contribution in [2.75, 3.05) is 12.4 Å². The second kappa shape index (κ2) is 6.54. The van der Waals surface area contributed by atoms with E-state index in [1.807, 2.05) is 6.07 Å². The summed E-state index contributed by atoms with van der Waals surface area (Å²) in [6.07, 6.45) is -1.20. The van der Waals surface area contributed by atoms with Gasteiger partial charge >= 0.3 is 0 Å². The Kier molecular flexibility index (Phi) is 4.76. The lowest BCUT2D eigenvalue weighted by atomic mass is 10.1. The van der Waals surface area contributed by atoms with E-state index in [9.17, 15) is 9.90 Å². The van der Waals surface area contributed by atoms with E-state index in [-0.39, 0.29) is 0 Å². The first-order valence-electron chi connectivity index (χ1n) is 5.99. The molecule has 0 fully saturated rings. The Hall–Kier alpha value is -1.85. The zero-order valence-electron chi connectivity index (χ0n) is 10.8. The molecule has 0 radical (unpaired) electrons. The number of ether oxygens (including phenoxy) is 1. The number of carbonyl (C=O) groups is 1. The van der Waals surface area contributed by atoms with Crippen molar-refractivity contribution in [3.63, 3.8) is 0 Å². The summed E-state index contributed by atoms with van der Waals surface area (Å²) in [6.45, 7) is 0. The van der Waals surface area contributed by atoms with E-state index in [1.54, 1.807) is 49.6 Å². The maximum Gasteiger partial charge on any atom is 0.257 e. The second-order valence-corrected chi connectivity index (χ2v) is 5.01. The number of benzene rings is 2. The van der Waals surface area contributed by atoms with Crippen molar-refractivity contribution < 1.29 is 14.6 Å². The molecular formula is C15H14BrNO3. The standard InChI is InChI=1S/C15H14BrNO3/c1-20-13-9-11(7-8-12(13)16)17-15(19)14(18)10-5-3-2-4-6-10/h2-9,14,18H,1H3,(H,17,19). The van der Waals surface area contributed by atoms with E-state index >= 15 is 0 Å². The van der Waals surface area contributed by atoms with E-state index in [4.69, 9.17) is 4.74 Å². The minimum Gasteiger partial charge on any atom is -0.495 e. The Balaban J connectivity index is 2.12. The third-order valence-corrected chi connectivity index (χ3v) is 3.44. The fourth-order valence-electron chi connectivity index (χ4n) is 1.73. The van der Waals surface area contributed by atoms with Crippen LogP contribution in [0.15, 0.2) is 53.0 Å². The van der Waals surface area contributed by atoms with Crippen LogP contribution in [0.4, 0.5) is 5.69 Å².